The van der Waals surface area contributed by atoms with Crippen LogP contribution in [0.4, 0.5) is 5.69 Å². The van der Waals surface area contributed by atoms with Gasteiger partial charge >= 0.3 is 0 Å². The Hall–Kier alpha value is -2.67. The minimum absolute atomic E-state index is 0.00450. The molecule has 1 heterocycles. The Morgan fingerprint density at radius 2 is 1.92 bits per heavy atom. The average molecular weight is 355 g/mol. The minimum Gasteiger partial charge on any atom is -0.411 e. The third-order valence-corrected chi connectivity index (χ3v) is 4.61. The second-order valence-corrected chi connectivity index (χ2v) is 6.79. The van der Waals surface area contributed by atoms with Crippen molar-refractivity contribution < 1.29 is 9.34 Å². The molecule has 0 aliphatic heterocycles. The Labute approximate surface area is 149 Å². The van der Waals surface area contributed by atoms with Crippen LogP contribution in [0.25, 0.3) is 11.5 Å². The molecule has 0 aliphatic rings. The van der Waals surface area contributed by atoms with Gasteiger partial charge in [0.25, 0.3) is 10.9 Å². The van der Waals surface area contributed by atoms with Gasteiger partial charge in [0.15, 0.2) is 0 Å². The molecule has 2 aromatic carbocycles. The molecular formula is C18H17N3O3S. The van der Waals surface area contributed by atoms with Crippen molar-refractivity contribution in [3.05, 3.63) is 69.8 Å². The van der Waals surface area contributed by atoms with E-state index in [0.717, 1.165) is 5.75 Å². The van der Waals surface area contributed by atoms with Gasteiger partial charge in [0, 0.05) is 23.4 Å². The van der Waals surface area contributed by atoms with Gasteiger partial charge in [-0.05, 0) is 23.1 Å². The summed E-state index contributed by atoms with van der Waals surface area (Å²) in [7, 11) is 0. The predicted octanol–water partition coefficient (Wildman–Crippen LogP) is 5.06. The SMILES string of the molecule is CC(C)c1ccc(CSc2nnc(-c3cccc([N+](=O)[O-])c3)o2)cc1. The third kappa shape index (κ3) is 4.24. The van der Waals surface area contributed by atoms with Crippen molar-refractivity contribution in [3.63, 3.8) is 0 Å². The summed E-state index contributed by atoms with van der Waals surface area (Å²) >= 11 is 1.44. The second-order valence-electron chi connectivity index (χ2n) is 5.87. The maximum atomic E-state index is 10.8. The molecule has 0 saturated carbocycles. The molecule has 6 nitrogen and oxygen atoms in total. The van der Waals surface area contributed by atoms with Gasteiger partial charge in [-0.25, -0.2) is 0 Å². The number of nitrogens with zero attached hydrogens (tertiary/aromatic N) is 3. The fraction of sp³-hybridized carbons (Fsp3) is 0.222. The maximum absolute atomic E-state index is 10.8. The zero-order valence-electron chi connectivity index (χ0n) is 13.9. The number of hydrogen-bond donors (Lipinski definition) is 0. The molecule has 128 valence electrons. The summed E-state index contributed by atoms with van der Waals surface area (Å²) < 4.78 is 5.61. The van der Waals surface area contributed by atoms with E-state index in [4.69, 9.17) is 4.42 Å². The van der Waals surface area contributed by atoms with Gasteiger partial charge in [-0.15, -0.1) is 10.2 Å². The van der Waals surface area contributed by atoms with Gasteiger partial charge in [-0.3, -0.25) is 10.1 Å². The van der Waals surface area contributed by atoms with E-state index < -0.39 is 4.92 Å². The van der Waals surface area contributed by atoms with Crippen molar-refractivity contribution in [3.8, 4) is 11.5 Å². The first-order valence-electron chi connectivity index (χ1n) is 7.83. The predicted molar refractivity (Wildman–Crippen MR) is 96.5 cm³/mol. The molecule has 0 bridgehead atoms. The zero-order valence-corrected chi connectivity index (χ0v) is 14.7. The van der Waals surface area contributed by atoms with E-state index >= 15 is 0 Å². The number of nitro groups is 1. The van der Waals surface area contributed by atoms with E-state index in [1.165, 1.54) is 35.0 Å². The van der Waals surface area contributed by atoms with Crippen LogP contribution in [0.2, 0.25) is 0 Å². The third-order valence-electron chi connectivity index (χ3n) is 3.72. The number of aromatic nitrogens is 2. The Bertz CT molecular complexity index is 875. The van der Waals surface area contributed by atoms with Crippen molar-refractivity contribution in [1.29, 1.82) is 0 Å². The van der Waals surface area contributed by atoms with Gasteiger partial charge in [-0.1, -0.05) is 55.9 Å². The maximum Gasteiger partial charge on any atom is 0.277 e. The molecule has 0 fully saturated rings. The van der Waals surface area contributed by atoms with Crippen molar-refractivity contribution >= 4 is 17.4 Å². The molecule has 25 heavy (non-hydrogen) atoms. The lowest BCUT2D eigenvalue weighted by molar-refractivity contribution is -0.384. The van der Waals surface area contributed by atoms with E-state index in [2.05, 4.69) is 48.3 Å². The molecule has 3 aromatic rings. The van der Waals surface area contributed by atoms with Crippen molar-refractivity contribution in [2.75, 3.05) is 0 Å². The molecule has 3 rings (SSSR count). The summed E-state index contributed by atoms with van der Waals surface area (Å²) in [6.07, 6.45) is 0. The summed E-state index contributed by atoms with van der Waals surface area (Å²) in [5, 5.41) is 19.3. The normalized spacial score (nSPS) is 11.0. The Morgan fingerprint density at radius 1 is 1.16 bits per heavy atom. The first-order chi connectivity index (χ1) is 12.0. The summed E-state index contributed by atoms with van der Waals surface area (Å²) in [6, 6.07) is 14.6. The monoisotopic (exact) mass is 355 g/mol. The Kier molecular flexibility index (Phi) is 5.14. The van der Waals surface area contributed by atoms with Crippen LogP contribution in [0.15, 0.2) is 58.2 Å². The second kappa shape index (κ2) is 7.48. The number of non-ortho nitro benzene ring substituents is 1. The summed E-state index contributed by atoms with van der Waals surface area (Å²) in [5.41, 5.74) is 3.01. The lowest BCUT2D eigenvalue weighted by Crippen LogP contribution is -1.88. The lowest BCUT2D eigenvalue weighted by Gasteiger charge is -2.05. The molecule has 1 aromatic heterocycles. The number of benzene rings is 2. The van der Waals surface area contributed by atoms with E-state index in [0.29, 0.717) is 16.7 Å². The highest BCUT2D eigenvalue weighted by molar-refractivity contribution is 7.98. The van der Waals surface area contributed by atoms with E-state index in [9.17, 15) is 10.1 Å². The molecule has 0 spiro atoms. The number of hydrogen-bond acceptors (Lipinski definition) is 6. The van der Waals surface area contributed by atoms with E-state index in [1.54, 1.807) is 12.1 Å². The number of thioether (sulfide) groups is 1. The van der Waals surface area contributed by atoms with E-state index in [-0.39, 0.29) is 11.6 Å². The summed E-state index contributed by atoms with van der Waals surface area (Å²) in [5.74, 6) is 1.51. The standard InChI is InChI=1S/C18H17N3O3S/c1-12(2)14-8-6-13(7-9-14)11-25-18-20-19-17(24-18)15-4-3-5-16(10-15)21(22)23/h3-10,12H,11H2,1-2H3. The minimum atomic E-state index is -0.448. The lowest BCUT2D eigenvalue weighted by atomic mass is 10.0. The van der Waals surface area contributed by atoms with Crippen LogP contribution in [0, 0.1) is 10.1 Å². The summed E-state index contributed by atoms with van der Waals surface area (Å²) in [4.78, 5) is 10.4. The number of rotatable bonds is 6. The van der Waals surface area contributed by atoms with Gasteiger partial charge in [0.2, 0.25) is 5.89 Å². The Morgan fingerprint density at radius 3 is 2.60 bits per heavy atom. The van der Waals surface area contributed by atoms with Crippen molar-refractivity contribution in [2.45, 2.75) is 30.7 Å². The molecule has 0 saturated heterocycles. The highest BCUT2D eigenvalue weighted by Crippen LogP contribution is 2.28. The van der Waals surface area contributed by atoms with Crippen molar-refractivity contribution in [2.24, 2.45) is 0 Å². The summed E-state index contributed by atoms with van der Waals surface area (Å²) in [6.45, 7) is 4.33. The molecule has 7 heteroatoms. The molecule has 0 N–H and O–H groups in total. The van der Waals surface area contributed by atoms with Crippen molar-refractivity contribution in [1.82, 2.24) is 10.2 Å². The average Bonchev–Trinajstić information content (AvgIpc) is 3.09. The molecule has 0 radical (unpaired) electrons. The smallest absolute Gasteiger partial charge is 0.277 e. The Balaban J connectivity index is 1.67. The topological polar surface area (TPSA) is 82.1 Å². The molecular weight excluding hydrogens is 338 g/mol. The van der Waals surface area contributed by atoms with Crippen LogP contribution in [-0.4, -0.2) is 15.1 Å². The van der Waals surface area contributed by atoms with Crippen LogP contribution in [0.1, 0.15) is 30.9 Å². The molecule has 0 amide bonds. The van der Waals surface area contributed by atoms with Crippen LogP contribution >= 0.6 is 11.8 Å². The fourth-order valence-corrected chi connectivity index (χ4v) is 3.00. The molecule has 0 aliphatic carbocycles. The van der Waals surface area contributed by atoms with Crippen LogP contribution in [0.3, 0.4) is 0 Å². The zero-order chi connectivity index (χ0) is 17.8. The van der Waals surface area contributed by atoms with Gasteiger partial charge < -0.3 is 4.42 Å². The first-order valence-corrected chi connectivity index (χ1v) is 8.81. The van der Waals surface area contributed by atoms with Gasteiger partial charge in [0.05, 0.1) is 4.92 Å². The number of nitro benzene ring substituents is 1. The van der Waals surface area contributed by atoms with Gasteiger partial charge in [0.1, 0.15) is 0 Å². The fourth-order valence-electron chi connectivity index (χ4n) is 2.28. The quantitative estimate of drug-likeness (QED) is 0.349. The highest BCUT2D eigenvalue weighted by Gasteiger charge is 2.13. The van der Waals surface area contributed by atoms with Gasteiger partial charge in [-0.2, -0.15) is 0 Å². The van der Waals surface area contributed by atoms with Crippen LogP contribution < -0.4 is 0 Å². The highest BCUT2D eigenvalue weighted by atomic mass is 32.2. The molecule has 0 unspecified atom stereocenters. The largest absolute Gasteiger partial charge is 0.411 e. The van der Waals surface area contributed by atoms with E-state index in [1.807, 2.05) is 0 Å². The van der Waals surface area contributed by atoms with Crippen LogP contribution in [-0.2, 0) is 5.75 Å². The first kappa shape index (κ1) is 17.2. The molecule has 0 atom stereocenters. The van der Waals surface area contributed by atoms with Crippen LogP contribution in [0.5, 0.6) is 0 Å².